The number of nitrogens with one attached hydrogen (secondary N) is 1. The average molecular weight is 412 g/mol. The van der Waals surface area contributed by atoms with Gasteiger partial charge in [-0.3, -0.25) is 5.43 Å². The topological polar surface area (TPSA) is 55.1 Å². The number of nitrogens with zero attached hydrogens (tertiary/aromatic N) is 4. The minimum absolute atomic E-state index is 0.379. The highest BCUT2D eigenvalue weighted by molar-refractivity contribution is 6.34. The molecule has 5 rings (SSSR count). The predicted octanol–water partition coefficient (Wildman–Crippen LogP) is 5.73. The molecule has 0 radical (unpaired) electrons. The number of benzene rings is 3. The quantitative estimate of drug-likeness (QED) is 0.296. The van der Waals surface area contributed by atoms with Crippen LogP contribution in [0.5, 0.6) is 0 Å². The molecule has 0 bridgehead atoms. The molecule has 0 aliphatic carbocycles. The molecule has 0 unspecified atom stereocenters. The summed E-state index contributed by atoms with van der Waals surface area (Å²) in [5.41, 5.74) is 6.46. The van der Waals surface area contributed by atoms with Crippen molar-refractivity contribution < 1.29 is 0 Å². The van der Waals surface area contributed by atoms with Gasteiger partial charge in [-0.15, -0.1) is 10.2 Å². The Bertz CT molecular complexity index is 1360. The Labute approximate surface area is 178 Å². The van der Waals surface area contributed by atoms with Crippen molar-refractivity contribution in [3.63, 3.8) is 0 Å². The van der Waals surface area contributed by atoms with Crippen molar-refractivity contribution in [2.45, 2.75) is 6.54 Å². The van der Waals surface area contributed by atoms with Gasteiger partial charge in [0.1, 0.15) is 0 Å². The Morgan fingerprint density at radius 1 is 0.833 bits per heavy atom. The lowest BCUT2D eigenvalue weighted by atomic mass is 10.2. The Hall–Kier alpha value is -3.70. The van der Waals surface area contributed by atoms with Gasteiger partial charge < -0.3 is 4.57 Å². The van der Waals surface area contributed by atoms with Crippen LogP contribution in [0, 0.1) is 0 Å². The first-order chi connectivity index (χ1) is 14.8. The summed E-state index contributed by atoms with van der Waals surface area (Å²) in [6.07, 6.45) is 3.93. The first-order valence-corrected chi connectivity index (χ1v) is 9.99. The van der Waals surface area contributed by atoms with Crippen molar-refractivity contribution >= 4 is 45.3 Å². The monoisotopic (exact) mass is 411 g/mol. The summed E-state index contributed by atoms with van der Waals surface area (Å²) in [6.45, 7) is 0.802. The van der Waals surface area contributed by atoms with Gasteiger partial charge in [0.25, 0.3) is 0 Å². The van der Waals surface area contributed by atoms with Crippen molar-refractivity contribution in [2.24, 2.45) is 5.10 Å². The number of para-hydroxylation sites is 1. The number of hydrogen-bond acceptors (Lipinski definition) is 4. The Morgan fingerprint density at radius 2 is 1.53 bits per heavy atom. The number of fused-ring (bicyclic) bond motifs is 2. The number of anilines is 1. The lowest BCUT2D eigenvalue weighted by Gasteiger charge is -2.05. The smallest absolute Gasteiger partial charge is 0.176 e. The molecule has 0 atom stereocenters. The van der Waals surface area contributed by atoms with Crippen molar-refractivity contribution in [3.05, 3.63) is 101 Å². The zero-order valence-electron chi connectivity index (χ0n) is 16.0. The SMILES string of the molecule is Clc1nnc(N/N=C\c2cn(Cc3ccccc3)c3ccccc23)c2ccccc12. The van der Waals surface area contributed by atoms with Gasteiger partial charge in [0.05, 0.1) is 6.21 Å². The summed E-state index contributed by atoms with van der Waals surface area (Å²) in [7, 11) is 0. The second kappa shape index (κ2) is 7.97. The van der Waals surface area contributed by atoms with Gasteiger partial charge in [0.2, 0.25) is 0 Å². The Morgan fingerprint density at radius 3 is 2.37 bits per heavy atom. The molecule has 5 nitrogen and oxygen atoms in total. The van der Waals surface area contributed by atoms with Crippen LogP contribution in [0.3, 0.4) is 0 Å². The van der Waals surface area contributed by atoms with Gasteiger partial charge in [-0.1, -0.05) is 84.4 Å². The molecule has 1 N–H and O–H groups in total. The highest BCUT2D eigenvalue weighted by atomic mass is 35.5. The van der Waals surface area contributed by atoms with E-state index in [9.17, 15) is 0 Å². The molecule has 30 heavy (non-hydrogen) atoms. The maximum atomic E-state index is 6.15. The van der Waals surface area contributed by atoms with Crippen molar-refractivity contribution in [2.75, 3.05) is 5.43 Å². The van der Waals surface area contributed by atoms with E-state index in [4.69, 9.17) is 11.6 Å². The van der Waals surface area contributed by atoms with E-state index in [1.54, 1.807) is 0 Å². The molecule has 5 aromatic rings. The fourth-order valence-corrected chi connectivity index (χ4v) is 3.81. The molecule has 0 fully saturated rings. The van der Waals surface area contributed by atoms with Gasteiger partial charge >= 0.3 is 0 Å². The highest BCUT2D eigenvalue weighted by Crippen LogP contribution is 2.26. The minimum atomic E-state index is 0.379. The average Bonchev–Trinajstić information content (AvgIpc) is 3.14. The Kier molecular flexibility index (Phi) is 4.87. The summed E-state index contributed by atoms with van der Waals surface area (Å²) in [4.78, 5) is 0. The molecule has 2 aromatic heterocycles. The number of hydrogen-bond donors (Lipinski definition) is 1. The second-order valence-electron chi connectivity index (χ2n) is 6.97. The van der Waals surface area contributed by atoms with Gasteiger partial charge in [-0.05, 0) is 11.6 Å². The lowest BCUT2D eigenvalue weighted by Crippen LogP contribution is -1.98. The van der Waals surface area contributed by atoms with Crippen LogP contribution in [0.25, 0.3) is 21.7 Å². The summed E-state index contributed by atoms with van der Waals surface area (Å²) >= 11 is 6.15. The molecule has 0 aliphatic rings. The molecule has 146 valence electrons. The van der Waals surface area contributed by atoms with E-state index in [-0.39, 0.29) is 0 Å². The van der Waals surface area contributed by atoms with Crippen molar-refractivity contribution in [1.82, 2.24) is 14.8 Å². The van der Waals surface area contributed by atoms with E-state index in [1.165, 1.54) is 11.1 Å². The minimum Gasteiger partial charge on any atom is -0.342 e. The van der Waals surface area contributed by atoms with Gasteiger partial charge in [-0.2, -0.15) is 5.10 Å². The van der Waals surface area contributed by atoms with Crippen LogP contribution in [0.1, 0.15) is 11.1 Å². The highest BCUT2D eigenvalue weighted by Gasteiger charge is 2.08. The van der Waals surface area contributed by atoms with E-state index in [0.29, 0.717) is 11.0 Å². The van der Waals surface area contributed by atoms with Crippen LogP contribution in [0.2, 0.25) is 5.15 Å². The molecule has 0 aliphatic heterocycles. The van der Waals surface area contributed by atoms with E-state index in [1.807, 2.05) is 42.6 Å². The van der Waals surface area contributed by atoms with E-state index in [2.05, 4.69) is 74.0 Å². The molecular weight excluding hydrogens is 394 g/mol. The number of hydrazone groups is 1. The fourth-order valence-electron chi connectivity index (χ4n) is 3.61. The predicted molar refractivity (Wildman–Crippen MR) is 123 cm³/mol. The molecule has 0 spiro atoms. The Balaban J connectivity index is 1.46. The number of aromatic nitrogens is 3. The molecule has 6 heteroatoms. The van der Waals surface area contributed by atoms with E-state index in [0.717, 1.165) is 28.3 Å². The molecule has 2 heterocycles. The normalized spacial score (nSPS) is 11.5. The zero-order valence-corrected chi connectivity index (χ0v) is 16.8. The van der Waals surface area contributed by atoms with Crippen molar-refractivity contribution in [1.29, 1.82) is 0 Å². The summed E-state index contributed by atoms with van der Waals surface area (Å²) in [5.74, 6) is 0.569. The molecule has 3 aromatic carbocycles. The summed E-state index contributed by atoms with van der Waals surface area (Å²) < 4.78 is 2.24. The third-order valence-corrected chi connectivity index (χ3v) is 5.31. The number of rotatable bonds is 5. The molecular formula is C24H18ClN5. The van der Waals surface area contributed by atoms with E-state index < -0.39 is 0 Å². The summed E-state index contributed by atoms with van der Waals surface area (Å²) in [5, 5.41) is 15.8. The lowest BCUT2D eigenvalue weighted by molar-refractivity contribution is 0.836. The van der Waals surface area contributed by atoms with Crippen LogP contribution in [0.15, 0.2) is 90.2 Å². The van der Waals surface area contributed by atoms with Crippen molar-refractivity contribution in [3.8, 4) is 0 Å². The van der Waals surface area contributed by atoms with Crippen LogP contribution < -0.4 is 5.43 Å². The van der Waals surface area contributed by atoms with Gasteiger partial charge in [0, 0.05) is 40.0 Å². The van der Waals surface area contributed by atoms with Crippen LogP contribution in [-0.2, 0) is 6.54 Å². The molecule has 0 saturated heterocycles. The largest absolute Gasteiger partial charge is 0.342 e. The number of halogens is 1. The fraction of sp³-hybridized carbons (Fsp3) is 0.0417. The van der Waals surface area contributed by atoms with Crippen LogP contribution in [-0.4, -0.2) is 21.0 Å². The molecule has 0 saturated carbocycles. The van der Waals surface area contributed by atoms with Crippen LogP contribution >= 0.6 is 11.6 Å². The third-order valence-electron chi connectivity index (χ3n) is 5.03. The van der Waals surface area contributed by atoms with Crippen LogP contribution in [0.4, 0.5) is 5.82 Å². The molecule has 0 amide bonds. The van der Waals surface area contributed by atoms with E-state index >= 15 is 0 Å². The first kappa shape index (κ1) is 18.3. The second-order valence-corrected chi connectivity index (χ2v) is 7.33. The third kappa shape index (κ3) is 3.51. The van der Waals surface area contributed by atoms with Gasteiger partial charge in [-0.25, -0.2) is 0 Å². The standard InChI is InChI=1S/C24H18ClN5/c25-23-20-11-4-5-12-21(20)24(29-27-23)28-26-14-18-16-30(15-17-8-2-1-3-9-17)22-13-7-6-10-19(18)22/h1-14,16H,15H2,(H,28,29)/b26-14-. The zero-order chi connectivity index (χ0) is 20.3. The van der Waals surface area contributed by atoms with Gasteiger partial charge in [0.15, 0.2) is 11.0 Å². The maximum absolute atomic E-state index is 6.15. The first-order valence-electron chi connectivity index (χ1n) is 9.61. The maximum Gasteiger partial charge on any atom is 0.176 e. The summed E-state index contributed by atoms with van der Waals surface area (Å²) in [6, 6.07) is 26.5.